The quantitative estimate of drug-likeness (QED) is 0.337. The first-order valence-electron chi connectivity index (χ1n) is 11.6. The van der Waals surface area contributed by atoms with Crippen LogP contribution in [-0.4, -0.2) is 8.07 Å². The summed E-state index contributed by atoms with van der Waals surface area (Å²) in [4.78, 5) is 0. The number of hydrogen-bond acceptors (Lipinski definition) is 0. The third-order valence-corrected chi connectivity index (χ3v) is 9.13. The van der Waals surface area contributed by atoms with Crippen molar-refractivity contribution in [2.75, 3.05) is 0 Å². The summed E-state index contributed by atoms with van der Waals surface area (Å²) in [5.74, 6) is 0. The van der Waals surface area contributed by atoms with Gasteiger partial charge < -0.3 is 24.8 Å². The van der Waals surface area contributed by atoms with Gasteiger partial charge in [0, 0.05) is 0 Å². The smallest absolute Gasteiger partial charge is 1.00 e. The maximum atomic E-state index is 2.53. The molecule has 171 valence electrons. The minimum Gasteiger partial charge on any atom is -1.00 e. The Morgan fingerprint density at radius 3 is 2.03 bits per heavy atom. The van der Waals surface area contributed by atoms with Gasteiger partial charge in [0.15, 0.2) is 0 Å². The summed E-state index contributed by atoms with van der Waals surface area (Å²) in [5.41, 5.74) is 4.75. The van der Waals surface area contributed by atoms with Crippen molar-refractivity contribution in [3.05, 3.63) is 60.2 Å². The molecule has 0 aromatic heterocycles. The molecule has 32 heavy (non-hydrogen) atoms. The average Bonchev–Trinajstić information content (AvgIpc) is 3.07. The molecule has 3 aromatic rings. The molecule has 0 aliphatic heterocycles. The standard InChI is InChI=1S/C28H37Si.2ClH.Zr/c1-28(17-8-6-5-7-9-18-28)21-22-19-24-11-10-12-26(27(24)20-22)23-13-15-25(16-14-23)29(2,3)4;;;/h10-16,19-20H,5-9,17-18,21H2,1-4H3;2*1H;/q-1;;;+3/p-2. The van der Waals surface area contributed by atoms with Crippen molar-refractivity contribution in [2.45, 2.75) is 77.9 Å². The molecule has 0 N–H and O–H groups in total. The Morgan fingerprint density at radius 2 is 1.44 bits per heavy atom. The summed E-state index contributed by atoms with van der Waals surface area (Å²) < 4.78 is 0. The van der Waals surface area contributed by atoms with Crippen LogP contribution in [0.2, 0.25) is 19.6 Å². The van der Waals surface area contributed by atoms with Crippen molar-refractivity contribution in [3.63, 3.8) is 0 Å². The Labute approximate surface area is 228 Å². The van der Waals surface area contributed by atoms with E-state index < -0.39 is 8.07 Å². The van der Waals surface area contributed by atoms with Crippen LogP contribution in [0.1, 0.15) is 57.4 Å². The minimum atomic E-state index is -1.25. The van der Waals surface area contributed by atoms with E-state index in [1.54, 1.807) is 0 Å². The van der Waals surface area contributed by atoms with Gasteiger partial charge in [-0.2, -0.15) is 6.07 Å². The van der Waals surface area contributed by atoms with Gasteiger partial charge in [-0.15, -0.1) is 34.5 Å². The molecule has 1 aliphatic carbocycles. The minimum absolute atomic E-state index is 0. The fourth-order valence-corrected chi connectivity index (χ4v) is 6.40. The Morgan fingerprint density at radius 1 is 0.844 bits per heavy atom. The molecular weight excluding hydrogens is 527 g/mol. The largest absolute Gasteiger partial charge is 3.00 e. The van der Waals surface area contributed by atoms with Crippen LogP contribution < -0.4 is 30.0 Å². The first kappa shape index (κ1) is 29.8. The predicted molar refractivity (Wildman–Crippen MR) is 132 cm³/mol. The van der Waals surface area contributed by atoms with Gasteiger partial charge in [-0.25, -0.2) is 0 Å². The second-order valence-electron chi connectivity index (χ2n) is 10.8. The van der Waals surface area contributed by atoms with Crippen LogP contribution in [0, 0.1) is 5.41 Å². The van der Waals surface area contributed by atoms with Crippen molar-refractivity contribution in [3.8, 4) is 11.1 Å². The molecule has 0 bridgehead atoms. The molecular formula is C28H37Cl2SiZr. The molecule has 0 heterocycles. The summed E-state index contributed by atoms with van der Waals surface area (Å²) in [6, 6.07) is 21.2. The average molecular weight is 564 g/mol. The molecule has 3 aromatic carbocycles. The van der Waals surface area contributed by atoms with E-state index in [9.17, 15) is 0 Å². The fourth-order valence-electron chi connectivity index (χ4n) is 5.23. The third kappa shape index (κ3) is 7.11. The van der Waals surface area contributed by atoms with Crippen molar-refractivity contribution in [1.82, 2.24) is 0 Å². The number of rotatable bonds is 4. The second-order valence-corrected chi connectivity index (χ2v) is 15.8. The maximum absolute atomic E-state index is 2.53. The van der Waals surface area contributed by atoms with Gasteiger partial charge in [-0.3, -0.25) is 0 Å². The van der Waals surface area contributed by atoms with Crippen molar-refractivity contribution in [1.29, 1.82) is 0 Å². The van der Waals surface area contributed by atoms with Crippen LogP contribution in [0.15, 0.2) is 54.6 Å². The van der Waals surface area contributed by atoms with Gasteiger partial charge in [-0.1, -0.05) is 99.8 Å². The fraction of sp³-hybridized carbons (Fsp3) is 0.464. The van der Waals surface area contributed by atoms with E-state index in [1.165, 1.54) is 84.0 Å². The molecule has 0 unspecified atom stereocenters. The molecule has 0 nitrogen and oxygen atoms in total. The van der Waals surface area contributed by atoms with Gasteiger partial charge >= 0.3 is 26.2 Å². The molecule has 1 saturated carbocycles. The topological polar surface area (TPSA) is 0 Å². The van der Waals surface area contributed by atoms with E-state index in [4.69, 9.17) is 0 Å². The molecule has 0 atom stereocenters. The van der Waals surface area contributed by atoms with Crippen LogP contribution >= 0.6 is 0 Å². The van der Waals surface area contributed by atoms with Crippen LogP contribution in [0.25, 0.3) is 21.9 Å². The van der Waals surface area contributed by atoms with Crippen molar-refractivity contribution in [2.24, 2.45) is 5.41 Å². The van der Waals surface area contributed by atoms with Crippen molar-refractivity contribution < 1.29 is 51.0 Å². The Bertz CT molecular complexity index is 961. The van der Waals surface area contributed by atoms with Gasteiger partial charge in [-0.05, 0) is 30.2 Å². The normalized spacial score (nSPS) is 16.1. The molecule has 0 spiro atoms. The summed E-state index contributed by atoms with van der Waals surface area (Å²) in [5, 5.41) is 4.37. The van der Waals surface area contributed by atoms with Gasteiger partial charge in [0.2, 0.25) is 0 Å². The zero-order valence-corrected chi connectivity index (χ0v) is 25.1. The van der Waals surface area contributed by atoms with Crippen LogP contribution in [-0.2, 0) is 32.6 Å². The van der Waals surface area contributed by atoms with E-state index >= 15 is 0 Å². The molecule has 4 rings (SSSR count). The van der Waals surface area contributed by atoms with E-state index in [2.05, 4.69) is 81.2 Å². The second kappa shape index (κ2) is 12.4. The zero-order chi connectivity index (χ0) is 20.5. The molecule has 1 fully saturated rings. The summed E-state index contributed by atoms with van der Waals surface area (Å²) >= 11 is 0. The van der Waals surface area contributed by atoms with Crippen LogP contribution in [0.4, 0.5) is 0 Å². The van der Waals surface area contributed by atoms with Gasteiger partial charge in [0.25, 0.3) is 0 Å². The zero-order valence-electron chi connectivity index (χ0n) is 20.1. The van der Waals surface area contributed by atoms with E-state index in [0.29, 0.717) is 5.41 Å². The van der Waals surface area contributed by atoms with E-state index in [-0.39, 0.29) is 51.0 Å². The van der Waals surface area contributed by atoms with Gasteiger partial charge in [0.1, 0.15) is 0 Å². The van der Waals surface area contributed by atoms with Crippen LogP contribution in [0.5, 0.6) is 0 Å². The number of halogens is 2. The molecule has 4 heteroatoms. The van der Waals surface area contributed by atoms with E-state index in [1.807, 2.05) is 0 Å². The van der Waals surface area contributed by atoms with E-state index in [0.717, 1.165) is 0 Å². The Balaban J connectivity index is 0.00000171. The van der Waals surface area contributed by atoms with Crippen LogP contribution in [0.3, 0.4) is 0 Å². The Hall–Kier alpha value is -0.270. The summed E-state index contributed by atoms with van der Waals surface area (Å²) in [6.45, 7) is 9.79. The van der Waals surface area contributed by atoms with Gasteiger partial charge in [0.05, 0.1) is 8.07 Å². The molecule has 0 amide bonds. The number of hydrogen-bond donors (Lipinski definition) is 0. The SMILES string of the molecule is CC1(Cc2cc3c(-c4ccc([Si](C)(C)C)cc4)cccc3[cH-]2)CCCCCCC1.[Cl-].[Cl-].[Zr+3]. The molecule has 0 saturated heterocycles. The molecule has 1 aliphatic rings. The first-order valence-corrected chi connectivity index (χ1v) is 15.1. The maximum Gasteiger partial charge on any atom is 3.00 e. The monoisotopic (exact) mass is 561 g/mol. The predicted octanol–water partition coefficient (Wildman–Crippen LogP) is 2.07. The number of fused-ring (bicyclic) bond motifs is 1. The summed E-state index contributed by atoms with van der Waals surface area (Å²) in [7, 11) is -1.25. The first-order chi connectivity index (χ1) is 13.8. The molecule has 1 radical (unpaired) electrons. The number of benzene rings is 2. The summed E-state index contributed by atoms with van der Waals surface area (Å²) in [6.07, 6.45) is 11.1. The Kier molecular flexibility index (Phi) is 11.6. The van der Waals surface area contributed by atoms with Crippen molar-refractivity contribution >= 4 is 24.0 Å². The third-order valence-electron chi connectivity index (χ3n) is 7.06.